The van der Waals surface area contributed by atoms with Crippen molar-refractivity contribution in [3.8, 4) is 11.4 Å². The molecule has 1 aromatic carbocycles. The number of carbonyl (C=O) groups is 1. The highest BCUT2D eigenvalue weighted by Crippen LogP contribution is 2.28. The van der Waals surface area contributed by atoms with E-state index in [4.69, 9.17) is 10.5 Å². The average molecular weight is 409 g/mol. The maximum absolute atomic E-state index is 13.6. The highest BCUT2D eigenvalue weighted by Gasteiger charge is 2.24. The third-order valence-corrected chi connectivity index (χ3v) is 5.26. The van der Waals surface area contributed by atoms with Crippen molar-refractivity contribution in [1.82, 2.24) is 30.0 Å². The van der Waals surface area contributed by atoms with Crippen molar-refractivity contribution in [2.45, 2.75) is 18.5 Å². The molecule has 1 saturated heterocycles. The highest BCUT2D eigenvalue weighted by atomic mass is 19.1. The second-order valence-electron chi connectivity index (χ2n) is 7.49. The van der Waals surface area contributed by atoms with E-state index in [1.54, 1.807) is 30.2 Å². The van der Waals surface area contributed by atoms with Crippen molar-refractivity contribution < 1.29 is 13.9 Å². The van der Waals surface area contributed by atoms with Gasteiger partial charge in [0.2, 0.25) is 0 Å². The molecule has 0 saturated carbocycles. The summed E-state index contributed by atoms with van der Waals surface area (Å²) in [6.07, 6.45) is 3.82. The Bertz CT molecular complexity index is 1260. The monoisotopic (exact) mass is 409 g/mol. The topological polar surface area (TPSA) is 124 Å². The summed E-state index contributed by atoms with van der Waals surface area (Å²) in [5.41, 5.74) is 8.94. The van der Waals surface area contributed by atoms with Crippen molar-refractivity contribution in [3.63, 3.8) is 0 Å². The van der Waals surface area contributed by atoms with Gasteiger partial charge < -0.3 is 20.8 Å². The number of fused-ring (bicyclic) bond motifs is 2. The molecule has 0 unspecified atom stereocenters. The minimum absolute atomic E-state index is 0.0966. The first-order valence-corrected chi connectivity index (χ1v) is 9.60. The molecule has 0 aliphatic carbocycles. The van der Waals surface area contributed by atoms with Gasteiger partial charge in [0, 0.05) is 24.7 Å². The maximum Gasteiger partial charge on any atom is 0.255 e. The molecular weight excluding hydrogens is 389 g/mol. The van der Waals surface area contributed by atoms with Gasteiger partial charge in [0.1, 0.15) is 22.7 Å². The number of nitrogens with one attached hydrogen (secondary N) is 2. The number of carbonyl (C=O) groups excluding carboxylic acids is 1. The third-order valence-electron chi connectivity index (χ3n) is 5.26. The Morgan fingerprint density at radius 1 is 1.40 bits per heavy atom. The van der Waals surface area contributed by atoms with Crippen LogP contribution in [0.25, 0.3) is 33.5 Å². The van der Waals surface area contributed by atoms with E-state index < -0.39 is 0 Å². The zero-order chi connectivity index (χ0) is 20.8. The molecule has 4 N–H and O–H groups in total. The van der Waals surface area contributed by atoms with Gasteiger partial charge >= 0.3 is 0 Å². The molecule has 5 rings (SSSR count). The summed E-state index contributed by atoms with van der Waals surface area (Å²) in [6, 6.07) is 4.21. The lowest BCUT2D eigenvalue weighted by molar-refractivity contribution is 0.0522. The average Bonchev–Trinajstić information content (AvgIpc) is 3.29. The molecule has 3 aromatic heterocycles. The van der Waals surface area contributed by atoms with Crippen LogP contribution in [0.4, 0.5) is 4.39 Å². The van der Waals surface area contributed by atoms with Gasteiger partial charge in [-0.2, -0.15) is 5.10 Å². The number of benzene rings is 1. The van der Waals surface area contributed by atoms with E-state index >= 15 is 0 Å². The van der Waals surface area contributed by atoms with Gasteiger partial charge in [-0.15, -0.1) is 0 Å². The number of aryl methyl sites for hydroxylation is 1. The lowest BCUT2D eigenvalue weighted by Crippen LogP contribution is -2.47. The van der Waals surface area contributed by atoms with Gasteiger partial charge in [0.05, 0.1) is 36.5 Å². The van der Waals surface area contributed by atoms with E-state index in [1.807, 2.05) is 0 Å². The second-order valence-corrected chi connectivity index (χ2v) is 7.49. The summed E-state index contributed by atoms with van der Waals surface area (Å²) in [5, 5.41) is 8.18. The quantitative estimate of drug-likeness (QED) is 0.471. The zero-order valence-electron chi connectivity index (χ0n) is 16.2. The molecule has 10 heteroatoms. The first-order valence-electron chi connectivity index (χ1n) is 9.60. The number of ether oxygens (including phenoxy) is 1. The van der Waals surface area contributed by atoms with Crippen LogP contribution < -0.4 is 11.1 Å². The van der Waals surface area contributed by atoms with Crippen LogP contribution in [-0.2, 0) is 11.8 Å². The Morgan fingerprint density at radius 3 is 3.10 bits per heavy atom. The summed E-state index contributed by atoms with van der Waals surface area (Å²) >= 11 is 0. The lowest BCUT2D eigenvalue weighted by Gasteiger charge is -2.27. The van der Waals surface area contributed by atoms with E-state index in [1.165, 1.54) is 12.1 Å². The fraction of sp³-hybridized carbons (Fsp3) is 0.300. The van der Waals surface area contributed by atoms with Crippen LogP contribution in [0, 0.1) is 5.82 Å². The second kappa shape index (κ2) is 7.15. The molecule has 1 aliphatic heterocycles. The molecule has 0 bridgehead atoms. The number of halogens is 1. The van der Waals surface area contributed by atoms with Gasteiger partial charge in [0.25, 0.3) is 5.91 Å². The number of amides is 1. The fourth-order valence-electron chi connectivity index (χ4n) is 3.83. The fourth-order valence-corrected chi connectivity index (χ4v) is 3.83. The predicted octanol–water partition coefficient (Wildman–Crippen LogP) is 1.50. The number of nitrogens with two attached hydrogens (primary N) is 1. The van der Waals surface area contributed by atoms with Gasteiger partial charge in [-0.25, -0.2) is 14.4 Å². The maximum atomic E-state index is 13.6. The number of aromatic nitrogens is 5. The third kappa shape index (κ3) is 3.19. The lowest BCUT2D eigenvalue weighted by atomic mass is 10.1. The summed E-state index contributed by atoms with van der Waals surface area (Å²) in [6.45, 7) is 0.922. The van der Waals surface area contributed by atoms with E-state index in [0.29, 0.717) is 53.3 Å². The molecule has 4 aromatic rings. The zero-order valence-corrected chi connectivity index (χ0v) is 16.2. The smallest absolute Gasteiger partial charge is 0.255 e. The molecule has 9 nitrogen and oxygen atoms in total. The van der Waals surface area contributed by atoms with Crippen LogP contribution in [0.3, 0.4) is 0 Å². The van der Waals surface area contributed by atoms with Gasteiger partial charge in [-0.1, -0.05) is 0 Å². The minimum Gasteiger partial charge on any atom is -0.378 e. The Kier molecular flexibility index (Phi) is 4.44. The Balaban J connectivity index is 1.51. The first-order chi connectivity index (χ1) is 14.5. The van der Waals surface area contributed by atoms with Crippen molar-refractivity contribution >= 4 is 28.0 Å². The van der Waals surface area contributed by atoms with Gasteiger partial charge in [-0.05, 0) is 24.6 Å². The van der Waals surface area contributed by atoms with Crippen molar-refractivity contribution in [2.75, 3.05) is 13.2 Å². The molecule has 0 spiro atoms. The standard InChI is InChI=1S/C20H20FN7O2/c1-28-16-4-10(21)2-3-13(16)17(27-28)15-7-24-19-18(26-15)14(6-23-19)20(29)25-12-5-11(22)8-30-9-12/h2-4,6-7,11-12H,5,8-9,22H2,1H3,(H,23,24)(H,25,29)/t11-,12-/m0/s1. The van der Waals surface area contributed by atoms with E-state index in [9.17, 15) is 9.18 Å². The molecular formula is C20H20FN7O2. The summed E-state index contributed by atoms with van der Waals surface area (Å²) in [4.78, 5) is 24.8. The molecule has 1 amide bonds. The molecule has 1 fully saturated rings. The molecule has 154 valence electrons. The highest BCUT2D eigenvalue weighted by molar-refractivity contribution is 6.05. The molecule has 30 heavy (non-hydrogen) atoms. The summed E-state index contributed by atoms with van der Waals surface area (Å²) in [5.74, 6) is -0.613. The number of hydrogen-bond donors (Lipinski definition) is 3. The molecule has 1 aliphatic rings. The normalized spacial score (nSPS) is 19.4. The van der Waals surface area contributed by atoms with Crippen molar-refractivity contribution in [2.24, 2.45) is 12.8 Å². The summed E-state index contributed by atoms with van der Waals surface area (Å²) < 4.78 is 20.6. The minimum atomic E-state index is -0.338. The number of hydrogen-bond acceptors (Lipinski definition) is 6. The van der Waals surface area contributed by atoms with Crippen LogP contribution >= 0.6 is 0 Å². The van der Waals surface area contributed by atoms with Gasteiger partial charge in [-0.3, -0.25) is 9.48 Å². The Morgan fingerprint density at radius 2 is 2.27 bits per heavy atom. The largest absolute Gasteiger partial charge is 0.378 e. The van der Waals surface area contributed by atoms with Crippen LogP contribution in [0.15, 0.2) is 30.6 Å². The Labute approximate surface area is 170 Å². The van der Waals surface area contributed by atoms with Crippen LogP contribution in [0.5, 0.6) is 0 Å². The van der Waals surface area contributed by atoms with E-state index in [-0.39, 0.29) is 23.8 Å². The summed E-state index contributed by atoms with van der Waals surface area (Å²) in [7, 11) is 1.74. The molecule has 2 atom stereocenters. The number of rotatable bonds is 3. The SMILES string of the molecule is Cn1nc(-c2cnc3[nH]cc(C(=O)N[C@@H]4COC[C@@H](N)C4)c3n2)c2ccc(F)cc21. The molecule has 4 heterocycles. The number of H-pyrrole nitrogens is 1. The number of aromatic amines is 1. The van der Waals surface area contributed by atoms with Gasteiger partial charge in [0.15, 0.2) is 5.65 Å². The van der Waals surface area contributed by atoms with Crippen LogP contribution in [-0.4, -0.2) is 55.9 Å². The van der Waals surface area contributed by atoms with Crippen molar-refractivity contribution in [3.05, 3.63) is 42.0 Å². The van der Waals surface area contributed by atoms with Crippen molar-refractivity contribution in [1.29, 1.82) is 0 Å². The van der Waals surface area contributed by atoms with E-state index in [2.05, 4.69) is 25.4 Å². The van der Waals surface area contributed by atoms with Crippen LogP contribution in [0.2, 0.25) is 0 Å². The van der Waals surface area contributed by atoms with Crippen LogP contribution in [0.1, 0.15) is 16.8 Å². The molecule has 0 radical (unpaired) electrons. The Hall–Kier alpha value is -3.37. The predicted molar refractivity (Wildman–Crippen MR) is 108 cm³/mol. The first kappa shape index (κ1) is 18.6. The van der Waals surface area contributed by atoms with E-state index in [0.717, 1.165) is 5.39 Å². The number of nitrogens with zero attached hydrogens (tertiary/aromatic N) is 4.